The van der Waals surface area contributed by atoms with Crippen LogP contribution in [0.25, 0.3) is 0 Å². The van der Waals surface area contributed by atoms with Gasteiger partial charge in [0.05, 0.1) is 0 Å². The van der Waals surface area contributed by atoms with Gasteiger partial charge in [0, 0.05) is 16.9 Å². The summed E-state index contributed by atoms with van der Waals surface area (Å²) < 4.78 is 8.59. The smallest absolute Gasteiger partial charge is 0.0307 e. The van der Waals surface area contributed by atoms with Crippen LogP contribution in [-0.2, 0) is 0 Å². The Kier molecular flexibility index (Phi) is 5.78. The largest absolute Gasteiger partial charge is 0.325 e. The molecule has 0 aromatic heterocycles. The molecule has 0 unspecified atom stereocenters. The Morgan fingerprint density at radius 1 is 1.67 bits per heavy atom. The van der Waals surface area contributed by atoms with Gasteiger partial charge < -0.3 is 4.55 Å². The minimum absolute atomic E-state index is 0.793. The summed E-state index contributed by atoms with van der Waals surface area (Å²) in [6, 6.07) is 0. The predicted molar refractivity (Wildman–Crippen MR) is 43.4 cm³/mol. The fourth-order valence-corrected chi connectivity index (χ4v) is 0.939. The third-order valence-electron chi connectivity index (χ3n) is 0.842. The Morgan fingerprint density at radius 3 is 2.67 bits per heavy atom. The monoisotopic (exact) mass is 144 g/mol. The highest BCUT2D eigenvalue weighted by atomic mass is 32.2. The van der Waals surface area contributed by atoms with Crippen molar-refractivity contribution in [2.45, 2.75) is 20.3 Å². The van der Waals surface area contributed by atoms with E-state index >= 15 is 0 Å². The summed E-state index contributed by atoms with van der Waals surface area (Å²) in [5.74, 6) is 0. The van der Waals surface area contributed by atoms with E-state index in [1.807, 2.05) is 32.1 Å². The van der Waals surface area contributed by atoms with Gasteiger partial charge in [0.25, 0.3) is 0 Å². The summed E-state index contributed by atoms with van der Waals surface area (Å²) in [5, 5.41) is 0. The van der Waals surface area contributed by atoms with Crippen molar-refractivity contribution < 1.29 is 4.55 Å². The Labute approximate surface area is 60.7 Å². The summed E-state index contributed by atoms with van der Waals surface area (Å²) in [7, 11) is 0. The van der Waals surface area contributed by atoms with Crippen molar-refractivity contribution in [2.24, 2.45) is 0 Å². The molecule has 0 bridgehead atoms. The van der Waals surface area contributed by atoms with E-state index in [0.717, 1.165) is 23.4 Å². The molecule has 0 aromatic rings. The lowest BCUT2D eigenvalue weighted by atomic mass is 10.4. The molecule has 0 saturated carbocycles. The van der Waals surface area contributed by atoms with E-state index < -0.39 is 0 Å². The van der Waals surface area contributed by atoms with Gasteiger partial charge >= 0.3 is 0 Å². The topological polar surface area (TPSA) is 20.2 Å². The molecule has 0 rings (SSSR count). The van der Waals surface area contributed by atoms with Crippen LogP contribution in [0, 0.1) is 0 Å². The average molecular weight is 144 g/mol. The fourth-order valence-electron chi connectivity index (χ4n) is 0.501. The van der Waals surface area contributed by atoms with Crippen LogP contribution in [0.5, 0.6) is 0 Å². The van der Waals surface area contributed by atoms with Crippen molar-refractivity contribution in [3.63, 3.8) is 0 Å². The molecule has 2 heteroatoms. The Bertz CT molecular complexity index is 116. The third-order valence-corrected chi connectivity index (χ3v) is 1.36. The first-order valence-electron chi connectivity index (χ1n) is 2.99. The quantitative estimate of drug-likeness (QED) is 0.485. The number of hydrogen-bond acceptors (Lipinski definition) is 2. The van der Waals surface area contributed by atoms with Crippen molar-refractivity contribution >= 4 is 12.0 Å². The van der Waals surface area contributed by atoms with Crippen molar-refractivity contribution in [3.8, 4) is 0 Å². The standard InChI is InChI=1S/C7H12OS/c1-3-5-7(9-8)6-4-2/h3,5-6,8H,4H2,1-2H3/b5-3-,7-6+. The maximum atomic E-state index is 8.59. The van der Waals surface area contributed by atoms with E-state index in [9.17, 15) is 0 Å². The lowest BCUT2D eigenvalue weighted by Gasteiger charge is -1.90. The molecule has 52 valence electrons. The van der Waals surface area contributed by atoms with E-state index in [-0.39, 0.29) is 0 Å². The Balaban J connectivity index is 3.81. The predicted octanol–water partition coefficient (Wildman–Crippen LogP) is 3.06. The molecule has 0 heterocycles. The molecule has 0 spiro atoms. The van der Waals surface area contributed by atoms with Gasteiger partial charge in [0.2, 0.25) is 0 Å². The van der Waals surface area contributed by atoms with Crippen LogP contribution >= 0.6 is 12.0 Å². The first kappa shape index (κ1) is 8.79. The minimum atomic E-state index is 0.793. The van der Waals surface area contributed by atoms with E-state index in [2.05, 4.69) is 0 Å². The number of rotatable bonds is 3. The van der Waals surface area contributed by atoms with Crippen LogP contribution in [0.2, 0.25) is 0 Å². The van der Waals surface area contributed by atoms with E-state index in [1.165, 1.54) is 0 Å². The zero-order valence-corrected chi connectivity index (χ0v) is 6.61. The van der Waals surface area contributed by atoms with Gasteiger partial charge in [0.1, 0.15) is 0 Å². The summed E-state index contributed by atoms with van der Waals surface area (Å²) in [6.45, 7) is 3.97. The van der Waals surface area contributed by atoms with Crippen LogP contribution in [-0.4, -0.2) is 4.55 Å². The van der Waals surface area contributed by atoms with Gasteiger partial charge in [-0.3, -0.25) is 0 Å². The van der Waals surface area contributed by atoms with Crippen LogP contribution in [0.1, 0.15) is 20.3 Å². The molecule has 0 aliphatic rings. The number of hydrogen-bond donors (Lipinski definition) is 1. The normalized spacial score (nSPS) is 13.0. The van der Waals surface area contributed by atoms with Gasteiger partial charge in [-0.2, -0.15) is 0 Å². The molecule has 0 fully saturated rings. The SMILES string of the molecule is C/C=C\C(=C/CC)SO. The summed E-state index contributed by atoms with van der Waals surface area (Å²) >= 11 is 0.793. The van der Waals surface area contributed by atoms with Gasteiger partial charge in [-0.15, -0.1) is 0 Å². The van der Waals surface area contributed by atoms with Gasteiger partial charge in [0.15, 0.2) is 0 Å². The van der Waals surface area contributed by atoms with Crippen LogP contribution in [0.4, 0.5) is 0 Å². The molecule has 0 amide bonds. The van der Waals surface area contributed by atoms with Crippen LogP contribution in [0.15, 0.2) is 23.1 Å². The average Bonchev–Trinajstić information content (AvgIpc) is 1.88. The van der Waals surface area contributed by atoms with Crippen molar-refractivity contribution in [1.29, 1.82) is 0 Å². The van der Waals surface area contributed by atoms with E-state index in [1.54, 1.807) is 0 Å². The molecular weight excluding hydrogens is 132 g/mol. The van der Waals surface area contributed by atoms with Crippen LogP contribution < -0.4 is 0 Å². The van der Waals surface area contributed by atoms with Crippen LogP contribution in [0.3, 0.4) is 0 Å². The van der Waals surface area contributed by atoms with Gasteiger partial charge in [-0.1, -0.05) is 25.2 Å². The van der Waals surface area contributed by atoms with Crippen molar-refractivity contribution in [1.82, 2.24) is 0 Å². The van der Waals surface area contributed by atoms with Gasteiger partial charge in [-0.25, -0.2) is 0 Å². The maximum absolute atomic E-state index is 8.59. The summed E-state index contributed by atoms with van der Waals surface area (Å²) in [6.07, 6.45) is 6.73. The molecule has 0 atom stereocenters. The molecular formula is C7H12OS. The summed E-state index contributed by atoms with van der Waals surface area (Å²) in [5.41, 5.74) is 0. The second kappa shape index (κ2) is 5.92. The molecule has 1 nitrogen and oxygen atoms in total. The molecule has 0 saturated heterocycles. The second-order valence-corrected chi connectivity index (χ2v) is 2.26. The Morgan fingerprint density at radius 2 is 2.33 bits per heavy atom. The highest BCUT2D eigenvalue weighted by molar-refractivity contribution is 7.97. The van der Waals surface area contributed by atoms with E-state index in [0.29, 0.717) is 0 Å². The molecule has 0 aliphatic carbocycles. The second-order valence-electron chi connectivity index (χ2n) is 1.61. The zero-order valence-electron chi connectivity index (χ0n) is 5.79. The molecule has 0 aromatic carbocycles. The molecule has 0 radical (unpaired) electrons. The molecule has 0 aliphatic heterocycles. The fraction of sp³-hybridized carbons (Fsp3) is 0.429. The van der Waals surface area contributed by atoms with Crippen molar-refractivity contribution in [3.05, 3.63) is 23.1 Å². The minimum Gasteiger partial charge on any atom is -0.325 e. The third kappa shape index (κ3) is 4.30. The van der Waals surface area contributed by atoms with E-state index in [4.69, 9.17) is 4.55 Å². The van der Waals surface area contributed by atoms with Crippen molar-refractivity contribution in [2.75, 3.05) is 0 Å². The molecule has 9 heavy (non-hydrogen) atoms. The highest BCUT2D eigenvalue weighted by Gasteiger charge is 1.85. The van der Waals surface area contributed by atoms with Gasteiger partial charge in [-0.05, 0) is 13.3 Å². The first-order valence-corrected chi connectivity index (χ1v) is 3.76. The summed E-state index contributed by atoms with van der Waals surface area (Å²) in [4.78, 5) is 0.917. The zero-order chi connectivity index (χ0) is 7.11. The lowest BCUT2D eigenvalue weighted by Crippen LogP contribution is -1.66. The lowest BCUT2D eigenvalue weighted by molar-refractivity contribution is 0.669. The first-order chi connectivity index (χ1) is 4.35. The maximum Gasteiger partial charge on any atom is 0.0307 e. The highest BCUT2D eigenvalue weighted by Crippen LogP contribution is 2.12. The molecule has 1 N–H and O–H groups in total. The number of allylic oxidation sites excluding steroid dienone is 3. The Hall–Kier alpha value is -0.210.